The molecule has 2 rings (SSSR count). The monoisotopic (exact) mass is 332 g/mol. The van der Waals surface area contributed by atoms with E-state index in [1.807, 2.05) is 25.1 Å². The van der Waals surface area contributed by atoms with Crippen molar-refractivity contribution >= 4 is 33.2 Å². The normalized spacial score (nSPS) is 26.8. The van der Waals surface area contributed by atoms with Gasteiger partial charge in [0, 0.05) is 23.3 Å². The van der Waals surface area contributed by atoms with Crippen LogP contribution in [-0.4, -0.2) is 24.8 Å². The van der Waals surface area contributed by atoms with Crippen LogP contribution in [0.15, 0.2) is 22.7 Å². The second kappa shape index (κ2) is 5.78. The first-order valence-corrected chi connectivity index (χ1v) is 7.30. The van der Waals surface area contributed by atoms with E-state index in [1.165, 1.54) is 0 Å². The van der Waals surface area contributed by atoms with E-state index in [0.717, 1.165) is 29.6 Å². The average Bonchev–Trinajstić information content (AvgIpc) is 2.31. The third kappa shape index (κ3) is 2.99. The van der Waals surface area contributed by atoms with Crippen LogP contribution >= 0.6 is 27.5 Å². The molecular weight excluding hydrogens is 316 g/mol. The minimum atomic E-state index is -0.0346. The number of nitrogens with one attached hydrogen (secondary N) is 1. The first-order valence-electron chi connectivity index (χ1n) is 6.13. The number of rotatable bonds is 5. The lowest BCUT2D eigenvalue weighted by molar-refractivity contribution is -0.0271. The van der Waals surface area contributed by atoms with E-state index in [0.29, 0.717) is 17.7 Å². The molecular formula is C13H18BrClN2O. The largest absolute Gasteiger partial charge is 0.378 e. The molecule has 0 bridgehead atoms. The van der Waals surface area contributed by atoms with Crippen LogP contribution in [0.4, 0.5) is 5.69 Å². The molecule has 0 spiro atoms. The third-order valence-corrected chi connectivity index (χ3v) is 4.57. The fourth-order valence-electron chi connectivity index (χ4n) is 2.37. The smallest absolute Gasteiger partial charge is 0.0620 e. The summed E-state index contributed by atoms with van der Waals surface area (Å²) < 4.78 is 6.48. The van der Waals surface area contributed by atoms with Crippen molar-refractivity contribution in [2.24, 2.45) is 5.73 Å². The Morgan fingerprint density at radius 2 is 2.28 bits per heavy atom. The summed E-state index contributed by atoms with van der Waals surface area (Å²) in [4.78, 5) is 0. The molecule has 1 aliphatic carbocycles. The maximum absolute atomic E-state index is 5.98. The molecule has 5 heteroatoms. The fourth-order valence-corrected chi connectivity index (χ4v) is 2.86. The van der Waals surface area contributed by atoms with Crippen molar-refractivity contribution in [3.05, 3.63) is 27.7 Å². The van der Waals surface area contributed by atoms with E-state index >= 15 is 0 Å². The molecule has 0 aromatic heterocycles. The summed E-state index contributed by atoms with van der Waals surface area (Å²) in [7, 11) is 0. The number of benzene rings is 1. The molecule has 100 valence electrons. The van der Waals surface area contributed by atoms with Gasteiger partial charge in [-0.1, -0.05) is 11.6 Å². The predicted molar refractivity (Wildman–Crippen MR) is 79.2 cm³/mol. The second-order valence-corrected chi connectivity index (χ2v) is 5.99. The molecule has 3 N–H and O–H groups in total. The van der Waals surface area contributed by atoms with Gasteiger partial charge in [0.25, 0.3) is 0 Å². The number of halogens is 2. The lowest BCUT2D eigenvalue weighted by Gasteiger charge is -2.47. The van der Waals surface area contributed by atoms with E-state index in [9.17, 15) is 0 Å². The highest BCUT2D eigenvalue weighted by Gasteiger charge is 2.43. The Labute approximate surface area is 121 Å². The van der Waals surface area contributed by atoms with Gasteiger partial charge in [-0.25, -0.2) is 0 Å². The van der Waals surface area contributed by atoms with Gasteiger partial charge in [-0.3, -0.25) is 0 Å². The maximum Gasteiger partial charge on any atom is 0.0620 e. The van der Waals surface area contributed by atoms with Gasteiger partial charge in [-0.05, 0) is 53.9 Å². The summed E-state index contributed by atoms with van der Waals surface area (Å²) in [6.07, 6.45) is 2.25. The highest BCUT2D eigenvalue weighted by molar-refractivity contribution is 9.10. The van der Waals surface area contributed by atoms with Crippen LogP contribution in [0.1, 0.15) is 19.8 Å². The first kappa shape index (κ1) is 14.1. The summed E-state index contributed by atoms with van der Waals surface area (Å²) in [6.45, 7) is 3.39. The molecule has 1 aromatic carbocycles. The molecule has 0 atom stereocenters. The molecule has 3 nitrogen and oxygen atoms in total. The SMILES string of the molecule is CCOC1CC(CN)(Nc2ccc(Cl)c(Br)c2)C1. The molecule has 1 fully saturated rings. The third-order valence-electron chi connectivity index (χ3n) is 3.36. The Morgan fingerprint density at radius 3 is 2.83 bits per heavy atom. The van der Waals surface area contributed by atoms with Gasteiger partial charge >= 0.3 is 0 Å². The minimum Gasteiger partial charge on any atom is -0.378 e. The highest BCUT2D eigenvalue weighted by Crippen LogP contribution is 2.38. The van der Waals surface area contributed by atoms with Crippen LogP contribution in [0.25, 0.3) is 0 Å². The highest BCUT2D eigenvalue weighted by atomic mass is 79.9. The predicted octanol–water partition coefficient (Wildman–Crippen LogP) is 3.41. The topological polar surface area (TPSA) is 47.3 Å². The van der Waals surface area contributed by atoms with E-state index in [1.54, 1.807) is 0 Å². The molecule has 0 heterocycles. The van der Waals surface area contributed by atoms with Crippen molar-refractivity contribution in [2.75, 3.05) is 18.5 Å². The number of anilines is 1. The van der Waals surface area contributed by atoms with Gasteiger partial charge in [-0.2, -0.15) is 0 Å². The van der Waals surface area contributed by atoms with Crippen LogP contribution in [0.5, 0.6) is 0 Å². The quantitative estimate of drug-likeness (QED) is 0.868. The molecule has 0 saturated heterocycles. The zero-order valence-corrected chi connectivity index (χ0v) is 12.7. The van der Waals surface area contributed by atoms with Gasteiger partial charge < -0.3 is 15.8 Å². The summed E-state index contributed by atoms with van der Waals surface area (Å²) in [5.41, 5.74) is 6.89. The Kier molecular flexibility index (Phi) is 4.54. The van der Waals surface area contributed by atoms with Crippen LogP contribution in [0.3, 0.4) is 0 Å². The number of nitrogens with two attached hydrogens (primary N) is 1. The van der Waals surface area contributed by atoms with Gasteiger partial charge in [0.05, 0.1) is 16.7 Å². The zero-order valence-electron chi connectivity index (χ0n) is 10.4. The molecule has 1 aliphatic rings. The summed E-state index contributed by atoms with van der Waals surface area (Å²) in [6, 6.07) is 5.82. The molecule has 1 aromatic rings. The Bertz CT molecular complexity index is 421. The van der Waals surface area contributed by atoms with E-state index in [-0.39, 0.29) is 5.54 Å². The van der Waals surface area contributed by atoms with Gasteiger partial charge in [0.15, 0.2) is 0 Å². The second-order valence-electron chi connectivity index (χ2n) is 4.72. The van der Waals surface area contributed by atoms with Gasteiger partial charge in [0.1, 0.15) is 0 Å². The lowest BCUT2D eigenvalue weighted by atomic mass is 9.74. The van der Waals surface area contributed by atoms with Crippen molar-refractivity contribution < 1.29 is 4.74 Å². The van der Waals surface area contributed by atoms with Crippen LogP contribution in [0, 0.1) is 0 Å². The summed E-state index contributed by atoms with van der Waals surface area (Å²) in [5, 5.41) is 4.22. The van der Waals surface area contributed by atoms with Crippen LogP contribution < -0.4 is 11.1 Å². The summed E-state index contributed by atoms with van der Waals surface area (Å²) in [5.74, 6) is 0. The van der Waals surface area contributed by atoms with Crippen LogP contribution in [0.2, 0.25) is 5.02 Å². The molecule has 0 aliphatic heterocycles. The van der Waals surface area contributed by atoms with Crippen molar-refractivity contribution in [3.63, 3.8) is 0 Å². The number of hydrogen-bond donors (Lipinski definition) is 2. The maximum atomic E-state index is 5.98. The van der Waals surface area contributed by atoms with E-state index in [4.69, 9.17) is 22.1 Å². The van der Waals surface area contributed by atoms with E-state index in [2.05, 4.69) is 21.2 Å². The van der Waals surface area contributed by atoms with Crippen molar-refractivity contribution in [2.45, 2.75) is 31.4 Å². The first-order chi connectivity index (χ1) is 8.58. The lowest BCUT2D eigenvalue weighted by Crippen LogP contribution is -2.58. The van der Waals surface area contributed by atoms with Crippen molar-refractivity contribution in [1.82, 2.24) is 0 Å². The molecule has 0 radical (unpaired) electrons. The fraction of sp³-hybridized carbons (Fsp3) is 0.538. The minimum absolute atomic E-state index is 0.0346. The molecule has 0 unspecified atom stereocenters. The Morgan fingerprint density at radius 1 is 1.56 bits per heavy atom. The average molecular weight is 334 g/mol. The number of ether oxygens (including phenoxy) is 1. The van der Waals surface area contributed by atoms with Gasteiger partial charge in [0.2, 0.25) is 0 Å². The van der Waals surface area contributed by atoms with Crippen LogP contribution in [-0.2, 0) is 4.74 Å². The zero-order chi connectivity index (χ0) is 13.2. The Balaban J connectivity index is 2.01. The molecule has 18 heavy (non-hydrogen) atoms. The Hall–Kier alpha value is -0.290. The van der Waals surface area contributed by atoms with Crippen molar-refractivity contribution in [3.8, 4) is 0 Å². The summed E-state index contributed by atoms with van der Waals surface area (Å²) >= 11 is 9.40. The molecule has 1 saturated carbocycles. The van der Waals surface area contributed by atoms with Crippen molar-refractivity contribution in [1.29, 1.82) is 0 Å². The van der Waals surface area contributed by atoms with Gasteiger partial charge in [-0.15, -0.1) is 0 Å². The van der Waals surface area contributed by atoms with E-state index < -0.39 is 0 Å². The number of hydrogen-bond acceptors (Lipinski definition) is 3. The standard InChI is InChI=1S/C13H18BrClN2O/c1-2-18-10-6-13(7-10,8-16)17-9-3-4-12(15)11(14)5-9/h3-5,10,17H,2,6-8,16H2,1H3. The molecule has 0 amide bonds.